The van der Waals surface area contributed by atoms with Crippen molar-refractivity contribution >= 4 is 40.2 Å². The summed E-state index contributed by atoms with van der Waals surface area (Å²) in [5.74, 6) is 0.677. The molecule has 1 aromatic heterocycles. The average molecular weight is 449 g/mol. The number of aromatic nitrogens is 1. The summed E-state index contributed by atoms with van der Waals surface area (Å²) in [6.07, 6.45) is 1.22. The lowest BCUT2D eigenvalue weighted by atomic mass is 10.2. The summed E-state index contributed by atoms with van der Waals surface area (Å²) < 4.78 is 6.20. The van der Waals surface area contributed by atoms with Gasteiger partial charge in [-0.15, -0.1) is 0 Å². The van der Waals surface area contributed by atoms with Gasteiger partial charge in [0.05, 0.1) is 30.6 Å². The molecule has 1 fully saturated rings. The molecule has 2 atom stereocenters. The van der Waals surface area contributed by atoms with Crippen LogP contribution in [-0.2, 0) is 4.74 Å². The first-order valence-electron chi connectivity index (χ1n) is 7.80. The van der Waals surface area contributed by atoms with Crippen molar-refractivity contribution in [2.24, 2.45) is 0 Å². The van der Waals surface area contributed by atoms with Crippen LogP contribution in [0.5, 0.6) is 0 Å². The molecule has 1 saturated heterocycles. The number of hydrogen-bond donors (Lipinski definition) is 2. The van der Waals surface area contributed by atoms with Crippen molar-refractivity contribution < 1.29 is 19.7 Å². The van der Waals surface area contributed by atoms with E-state index < -0.39 is 17.8 Å². The maximum atomic E-state index is 12.2. The molecule has 2 N–H and O–H groups in total. The summed E-state index contributed by atoms with van der Waals surface area (Å²) in [6.45, 7) is 5.86. The SMILES string of the molecule is CN(C(=O)OC(C)(C)C)c1cnc(N2C[C@H](O)C[C@H]2CO)cc1I. The van der Waals surface area contributed by atoms with Gasteiger partial charge in [-0.2, -0.15) is 0 Å². The normalized spacial score (nSPS) is 21.0. The average Bonchev–Trinajstić information content (AvgIpc) is 2.85. The number of nitrogens with zero attached hydrogens (tertiary/aromatic N) is 3. The number of anilines is 2. The zero-order valence-electron chi connectivity index (χ0n) is 14.4. The number of rotatable bonds is 3. The lowest BCUT2D eigenvalue weighted by Crippen LogP contribution is -2.35. The Bertz CT molecular complexity index is 605. The van der Waals surface area contributed by atoms with E-state index in [1.807, 2.05) is 31.7 Å². The Morgan fingerprint density at radius 2 is 2.21 bits per heavy atom. The third-order valence-corrected chi connectivity index (χ3v) is 4.61. The largest absolute Gasteiger partial charge is 0.443 e. The standard InChI is InChI=1S/C16H24IN3O4/c1-16(2,3)24-15(23)19(4)13-7-18-14(6-12(13)17)20-8-11(22)5-10(20)9-21/h6-7,10-11,21-22H,5,8-9H2,1-4H3/t10-,11+/m0/s1. The Hall–Kier alpha value is -1.13. The molecule has 0 radical (unpaired) electrons. The first-order valence-corrected chi connectivity index (χ1v) is 8.88. The van der Waals surface area contributed by atoms with Gasteiger partial charge in [-0.3, -0.25) is 4.90 Å². The van der Waals surface area contributed by atoms with Gasteiger partial charge < -0.3 is 19.8 Å². The minimum absolute atomic E-state index is 0.0329. The number of β-amino-alcohol motifs (C(OH)–C–C–N with tert-alkyl or cyclic N) is 1. The second-order valence-corrected chi connectivity index (χ2v) is 8.07. The Balaban J connectivity index is 2.19. The summed E-state index contributed by atoms with van der Waals surface area (Å²) in [6, 6.07) is 1.70. The van der Waals surface area contributed by atoms with Crippen LogP contribution in [0.2, 0.25) is 0 Å². The Morgan fingerprint density at radius 3 is 2.75 bits per heavy atom. The van der Waals surface area contributed by atoms with Gasteiger partial charge in [0.15, 0.2) is 0 Å². The fraction of sp³-hybridized carbons (Fsp3) is 0.625. The molecule has 1 aromatic rings. The topological polar surface area (TPSA) is 86.1 Å². The van der Waals surface area contributed by atoms with E-state index in [0.29, 0.717) is 24.5 Å². The molecule has 2 heterocycles. The van der Waals surface area contributed by atoms with Crippen molar-refractivity contribution in [1.29, 1.82) is 0 Å². The zero-order chi connectivity index (χ0) is 18.1. The molecule has 1 aliphatic rings. The molecule has 1 amide bonds. The number of aliphatic hydroxyl groups is 2. The number of aliphatic hydroxyl groups excluding tert-OH is 2. The summed E-state index contributed by atoms with van der Waals surface area (Å²) >= 11 is 2.14. The van der Waals surface area contributed by atoms with Crippen LogP contribution in [-0.4, -0.2) is 59.2 Å². The van der Waals surface area contributed by atoms with Gasteiger partial charge >= 0.3 is 6.09 Å². The molecule has 134 valence electrons. The molecule has 0 spiro atoms. The van der Waals surface area contributed by atoms with Crippen molar-refractivity contribution in [1.82, 2.24) is 4.98 Å². The number of halogens is 1. The fourth-order valence-corrected chi connectivity index (χ4v) is 3.37. The predicted molar refractivity (Wildman–Crippen MR) is 100 cm³/mol. The highest BCUT2D eigenvalue weighted by Gasteiger charge is 2.32. The van der Waals surface area contributed by atoms with Crippen molar-refractivity contribution in [2.45, 2.75) is 44.9 Å². The van der Waals surface area contributed by atoms with Crippen molar-refractivity contribution in [3.05, 3.63) is 15.8 Å². The van der Waals surface area contributed by atoms with Crippen LogP contribution in [0.15, 0.2) is 12.3 Å². The van der Waals surface area contributed by atoms with E-state index in [1.54, 1.807) is 13.2 Å². The van der Waals surface area contributed by atoms with Gasteiger partial charge in [0, 0.05) is 17.2 Å². The van der Waals surface area contributed by atoms with E-state index in [2.05, 4.69) is 27.6 Å². The van der Waals surface area contributed by atoms with E-state index in [-0.39, 0.29) is 12.6 Å². The molecule has 1 aliphatic heterocycles. The first-order chi connectivity index (χ1) is 11.1. The van der Waals surface area contributed by atoms with Crippen molar-refractivity contribution in [2.75, 3.05) is 30.0 Å². The predicted octanol–water partition coefficient (Wildman–Crippen LogP) is 1.99. The first kappa shape index (κ1) is 19.2. The van der Waals surface area contributed by atoms with Crippen LogP contribution in [0.4, 0.5) is 16.3 Å². The van der Waals surface area contributed by atoms with Gasteiger partial charge in [-0.25, -0.2) is 9.78 Å². The Labute approximate surface area is 155 Å². The van der Waals surface area contributed by atoms with Crippen LogP contribution in [0.3, 0.4) is 0 Å². The van der Waals surface area contributed by atoms with Crippen LogP contribution < -0.4 is 9.80 Å². The van der Waals surface area contributed by atoms with Crippen LogP contribution in [0.1, 0.15) is 27.2 Å². The van der Waals surface area contributed by atoms with E-state index in [1.165, 1.54) is 4.90 Å². The molecule has 2 rings (SSSR count). The van der Waals surface area contributed by atoms with Crippen molar-refractivity contribution in [3.8, 4) is 0 Å². The molecule has 24 heavy (non-hydrogen) atoms. The number of carbonyl (C=O) groups excluding carboxylic acids is 1. The minimum atomic E-state index is -0.565. The summed E-state index contributed by atoms with van der Waals surface area (Å²) in [5.41, 5.74) is 0.0818. The van der Waals surface area contributed by atoms with Gasteiger partial charge in [-0.1, -0.05) is 0 Å². The fourth-order valence-electron chi connectivity index (χ4n) is 2.59. The smallest absolute Gasteiger partial charge is 0.414 e. The highest BCUT2D eigenvalue weighted by molar-refractivity contribution is 14.1. The molecule has 7 nitrogen and oxygen atoms in total. The number of amides is 1. The lowest BCUT2D eigenvalue weighted by Gasteiger charge is -2.27. The van der Waals surface area contributed by atoms with E-state index in [9.17, 15) is 15.0 Å². The van der Waals surface area contributed by atoms with Gasteiger partial charge in [0.2, 0.25) is 0 Å². The molecule has 0 unspecified atom stereocenters. The third kappa shape index (κ3) is 4.48. The van der Waals surface area contributed by atoms with Gasteiger partial charge in [0.1, 0.15) is 11.4 Å². The second kappa shape index (κ2) is 7.40. The summed E-state index contributed by atoms with van der Waals surface area (Å²) in [5, 5.41) is 19.3. The Morgan fingerprint density at radius 1 is 1.54 bits per heavy atom. The molecular formula is C16H24IN3O4. The monoisotopic (exact) mass is 449 g/mol. The summed E-state index contributed by atoms with van der Waals surface area (Å²) in [7, 11) is 1.64. The minimum Gasteiger partial charge on any atom is -0.443 e. The maximum Gasteiger partial charge on any atom is 0.414 e. The number of ether oxygens (including phenoxy) is 1. The van der Waals surface area contributed by atoms with Gasteiger partial charge in [-0.05, 0) is 55.8 Å². The summed E-state index contributed by atoms with van der Waals surface area (Å²) in [4.78, 5) is 19.9. The van der Waals surface area contributed by atoms with E-state index >= 15 is 0 Å². The molecule has 0 aliphatic carbocycles. The van der Waals surface area contributed by atoms with Gasteiger partial charge in [0.25, 0.3) is 0 Å². The molecular weight excluding hydrogens is 425 g/mol. The number of carbonyl (C=O) groups is 1. The number of hydrogen-bond acceptors (Lipinski definition) is 6. The highest BCUT2D eigenvalue weighted by atomic mass is 127. The number of pyridine rings is 1. The van der Waals surface area contributed by atoms with E-state index in [0.717, 1.165) is 3.57 Å². The van der Waals surface area contributed by atoms with Crippen molar-refractivity contribution in [3.63, 3.8) is 0 Å². The quantitative estimate of drug-likeness (QED) is 0.687. The second-order valence-electron chi connectivity index (χ2n) is 6.91. The van der Waals surface area contributed by atoms with E-state index in [4.69, 9.17) is 4.74 Å². The molecule has 0 saturated carbocycles. The maximum absolute atomic E-state index is 12.2. The third-order valence-electron chi connectivity index (χ3n) is 3.75. The highest BCUT2D eigenvalue weighted by Crippen LogP contribution is 2.29. The lowest BCUT2D eigenvalue weighted by molar-refractivity contribution is 0.0589. The molecule has 0 bridgehead atoms. The molecule has 8 heteroatoms. The van der Waals surface area contributed by atoms with Crippen LogP contribution >= 0.6 is 22.6 Å². The van der Waals surface area contributed by atoms with Crippen LogP contribution in [0.25, 0.3) is 0 Å². The molecule has 0 aromatic carbocycles. The van der Waals surface area contributed by atoms with Crippen LogP contribution in [0, 0.1) is 3.57 Å². The zero-order valence-corrected chi connectivity index (χ0v) is 16.5. The Kier molecular flexibility index (Phi) is 5.92.